The lowest BCUT2D eigenvalue weighted by Gasteiger charge is -2.50. The topological polar surface area (TPSA) is 31.0 Å². The number of fused-ring (bicyclic) bond motifs is 3. The molecule has 1 aliphatic carbocycles. The van der Waals surface area contributed by atoms with Gasteiger partial charge < -0.3 is 13.9 Å². The Bertz CT molecular complexity index is 1070. The number of hydrogen-bond donors (Lipinski definition) is 0. The number of hydrogen-bond acceptors (Lipinski definition) is 3. The fourth-order valence-electron chi connectivity index (χ4n) is 6.49. The van der Waals surface area contributed by atoms with Crippen LogP contribution in [-0.2, 0) is 4.74 Å². The van der Waals surface area contributed by atoms with Gasteiger partial charge in [0.25, 0.3) is 0 Å². The Balaban J connectivity index is 1.78. The van der Waals surface area contributed by atoms with Gasteiger partial charge in [-0.1, -0.05) is 72.0 Å². The molecule has 1 spiro atoms. The molecule has 0 amide bonds. The molecule has 2 heterocycles. The van der Waals surface area contributed by atoms with Crippen LogP contribution < -0.4 is 9.16 Å². The summed E-state index contributed by atoms with van der Waals surface area (Å²) in [6.07, 6.45) is 7.96. The van der Waals surface area contributed by atoms with E-state index >= 15 is 0 Å². The van der Waals surface area contributed by atoms with Crippen LogP contribution in [0.15, 0.2) is 12.1 Å². The molecule has 0 N–H and O–H groups in total. The quantitative estimate of drug-likeness (QED) is 0.156. The van der Waals surface area contributed by atoms with Crippen molar-refractivity contribution in [3.8, 4) is 23.3 Å². The summed E-state index contributed by atoms with van der Waals surface area (Å²) < 4.78 is 20.6. The van der Waals surface area contributed by atoms with Gasteiger partial charge >= 0.3 is 0 Å². The standard InChI is InChI=1S/C32H52O3Si2/c1-12-13-14-15-16-17-23-20-26-28(27(21-23)35-37(10,11)30(2,3)4)24-22-32(29(34-32)36(7,8)9)19-18-25(24)31(5,6)33-26/h20-21,24-25,29H,12-15,18-19,22H2,1-11H3/t24-,25-,29?,32?/m1/s1. The Hall–Kier alpha value is -1.23. The Morgan fingerprint density at radius 3 is 2.38 bits per heavy atom. The highest BCUT2D eigenvalue weighted by Crippen LogP contribution is 2.63. The van der Waals surface area contributed by atoms with Gasteiger partial charge in [0, 0.05) is 29.4 Å². The minimum atomic E-state index is -2.06. The number of epoxide rings is 1. The maximum Gasteiger partial charge on any atom is 0.250 e. The van der Waals surface area contributed by atoms with E-state index in [1.54, 1.807) is 0 Å². The molecule has 37 heavy (non-hydrogen) atoms. The van der Waals surface area contributed by atoms with Gasteiger partial charge in [-0.3, -0.25) is 0 Å². The van der Waals surface area contributed by atoms with Crippen molar-refractivity contribution in [1.82, 2.24) is 0 Å². The summed E-state index contributed by atoms with van der Waals surface area (Å²) in [5.41, 5.74) is 2.61. The zero-order valence-corrected chi connectivity index (χ0v) is 27.6. The SMILES string of the molecule is CCCCCC#Cc1cc2c(c(O[Si](C)(C)C(C)(C)C)c1)[C@@H]1CC3(CC[C@H]1C(C)(C)O2)OC3[Si](C)(C)C. The Kier molecular flexibility index (Phi) is 7.58. The van der Waals surface area contributed by atoms with E-state index in [9.17, 15) is 0 Å². The molecule has 5 heteroatoms. The van der Waals surface area contributed by atoms with Gasteiger partial charge in [-0.2, -0.15) is 0 Å². The zero-order chi connectivity index (χ0) is 27.4. The van der Waals surface area contributed by atoms with Crippen LogP contribution in [0, 0.1) is 17.8 Å². The molecule has 4 rings (SSSR count). The summed E-state index contributed by atoms with van der Waals surface area (Å²) in [4.78, 5) is 0. The van der Waals surface area contributed by atoms with E-state index in [2.05, 4.69) is 98.3 Å². The lowest BCUT2D eigenvalue weighted by Crippen LogP contribution is -2.50. The van der Waals surface area contributed by atoms with E-state index in [-0.39, 0.29) is 16.2 Å². The summed E-state index contributed by atoms with van der Waals surface area (Å²) in [6.45, 7) is 25.8. The van der Waals surface area contributed by atoms with Gasteiger partial charge in [-0.15, -0.1) is 0 Å². The van der Waals surface area contributed by atoms with E-state index < -0.39 is 16.4 Å². The van der Waals surface area contributed by atoms with Crippen molar-refractivity contribution in [2.24, 2.45) is 5.92 Å². The minimum Gasteiger partial charge on any atom is -0.543 e. The van der Waals surface area contributed by atoms with Gasteiger partial charge in [0.1, 0.15) is 17.1 Å². The van der Waals surface area contributed by atoms with Crippen LogP contribution in [0.4, 0.5) is 0 Å². The van der Waals surface area contributed by atoms with Crippen LogP contribution in [-0.4, -0.2) is 33.3 Å². The Morgan fingerprint density at radius 2 is 1.78 bits per heavy atom. The lowest BCUT2D eigenvalue weighted by atomic mass is 9.63. The molecule has 1 aromatic carbocycles. The fourth-order valence-corrected chi connectivity index (χ4v) is 9.94. The monoisotopic (exact) mass is 540 g/mol. The molecule has 2 fully saturated rings. The molecule has 1 aromatic rings. The molecule has 1 saturated carbocycles. The molecule has 2 aliphatic heterocycles. The first kappa shape index (κ1) is 28.8. The van der Waals surface area contributed by atoms with Gasteiger partial charge in [-0.25, -0.2) is 0 Å². The van der Waals surface area contributed by atoms with Crippen LogP contribution in [0.25, 0.3) is 0 Å². The first-order valence-electron chi connectivity index (χ1n) is 14.7. The molecule has 206 valence electrons. The number of rotatable bonds is 6. The second kappa shape index (κ2) is 9.75. The average Bonchev–Trinajstić information content (AvgIpc) is 3.45. The number of benzene rings is 1. The highest BCUT2D eigenvalue weighted by Gasteiger charge is 2.66. The third-order valence-corrected chi connectivity index (χ3v) is 16.1. The van der Waals surface area contributed by atoms with Gasteiger partial charge in [0.15, 0.2) is 0 Å². The summed E-state index contributed by atoms with van der Waals surface area (Å²) in [7, 11) is -3.43. The zero-order valence-electron chi connectivity index (χ0n) is 25.6. The second-order valence-electron chi connectivity index (χ2n) is 15.1. The predicted octanol–water partition coefficient (Wildman–Crippen LogP) is 9.07. The molecule has 2 unspecified atom stereocenters. The summed E-state index contributed by atoms with van der Waals surface area (Å²) >= 11 is 0. The highest BCUT2D eigenvalue weighted by atomic mass is 28.4. The van der Waals surface area contributed by atoms with Crippen molar-refractivity contribution in [3.63, 3.8) is 0 Å². The normalized spacial score (nSPS) is 28.5. The van der Waals surface area contributed by atoms with Gasteiger partial charge in [0.05, 0.1) is 19.4 Å². The van der Waals surface area contributed by atoms with Crippen molar-refractivity contribution in [1.29, 1.82) is 0 Å². The number of unbranched alkanes of at least 4 members (excludes halogenated alkanes) is 3. The summed E-state index contributed by atoms with van der Waals surface area (Å²) in [5, 5.41) is 0.117. The predicted molar refractivity (Wildman–Crippen MR) is 161 cm³/mol. The minimum absolute atomic E-state index is 0.0579. The van der Waals surface area contributed by atoms with E-state index in [4.69, 9.17) is 13.9 Å². The molecule has 0 aromatic heterocycles. The summed E-state index contributed by atoms with van der Waals surface area (Å²) in [6, 6.07) is 4.43. The van der Waals surface area contributed by atoms with Crippen LogP contribution in [0.5, 0.6) is 11.5 Å². The van der Waals surface area contributed by atoms with E-state index in [0.717, 1.165) is 49.2 Å². The van der Waals surface area contributed by atoms with Crippen molar-refractivity contribution >= 4 is 16.4 Å². The smallest absolute Gasteiger partial charge is 0.250 e. The molecule has 0 radical (unpaired) electrons. The maximum atomic E-state index is 7.11. The number of ether oxygens (including phenoxy) is 2. The van der Waals surface area contributed by atoms with Gasteiger partial charge in [0.2, 0.25) is 8.32 Å². The second-order valence-corrected chi connectivity index (χ2v) is 25.1. The van der Waals surface area contributed by atoms with Crippen molar-refractivity contribution in [2.75, 3.05) is 0 Å². The Morgan fingerprint density at radius 1 is 1.08 bits per heavy atom. The third kappa shape index (κ3) is 5.72. The fraction of sp³-hybridized carbons (Fsp3) is 0.750. The Labute approximate surface area is 229 Å². The lowest BCUT2D eigenvalue weighted by molar-refractivity contribution is -0.0200. The third-order valence-electron chi connectivity index (χ3n) is 9.54. The van der Waals surface area contributed by atoms with Crippen LogP contribution in [0.3, 0.4) is 0 Å². The highest BCUT2D eigenvalue weighted by molar-refractivity contribution is 6.78. The summed E-state index contributed by atoms with van der Waals surface area (Å²) in [5.74, 6) is 9.74. The van der Waals surface area contributed by atoms with Crippen LogP contribution in [0.2, 0.25) is 37.8 Å². The largest absolute Gasteiger partial charge is 0.543 e. The first-order valence-corrected chi connectivity index (χ1v) is 21.2. The first-order chi connectivity index (χ1) is 17.0. The van der Waals surface area contributed by atoms with Crippen LogP contribution in [0.1, 0.15) is 104 Å². The molecule has 4 atom stereocenters. The molecule has 0 bridgehead atoms. The molecular formula is C32H52O3Si2. The molecule has 3 nitrogen and oxygen atoms in total. The van der Waals surface area contributed by atoms with Crippen molar-refractivity contribution in [3.05, 3.63) is 23.3 Å². The van der Waals surface area contributed by atoms with E-state index in [0.29, 0.717) is 17.6 Å². The molecule has 3 aliphatic rings. The maximum absolute atomic E-state index is 7.11. The molecular weight excluding hydrogens is 489 g/mol. The van der Waals surface area contributed by atoms with Gasteiger partial charge in [-0.05, 0) is 69.8 Å². The average molecular weight is 541 g/mol. The van der Waals surface area contributed by atoms with Crippen molar-refractivity contribution in [2.45, 2.75) is 147 Å². The van der Waals surface area contributed by atoms with Crippen molar-refractivity contribution < 1.29 is 13.9 Å². The molecule has 1 saturated heterocycles. The van der Waals surface area contributed by atoms with Crippen LogP contribution >= 0.6 is 0 Å². The van der Waals surface area contributed by atoms with E-state index in [1.165, 1.54) is 18.4 Å². The van der Waals surface area contributed by atoms with E-state index in [1.807, 2.05) is 0 Å².